The van der Waals surface area contributed by atoms with Crippen LogP contribution in [-0.2, 0) is 11.2 Å². The molecule has 0 saturated carbocycles. The van der Waals surface area contributed by atoms with E-state index in [-0.39, 0.29) is 6.10 Å². The zero-order chi connectivity index (χ0) is 17.1. The van der Waals surface area contributed by atoms with Gasteiger partial charge in [-0.25, -0.2) is 0 Å². The minimum atomic E-state index is 0.148. The molecule has 25 heavy (non-hydrogen) atoms. The smallest absolute Gasteiger partial charge is 0.0998 e. The van der Waals surface area contributed by atoms with Gasteiger partial charge in [-0.3, -0.25) is 9.88 Å². The number of hydrogen-bond acceptors (Lipinski definition) is 3. The Balaban J connectivity index is 1.62. The third-order valence-corrected chi connectivity index (χ3v) is 5.12. The van der Waals surface area contributed by atoms with Crippen LogP contribution in [0.15, 0.2) is 42.6 Å². The highest BCUT2D eigenvalue weighted by Gasteiger charge is 2.37. The average Bonchev–Trinajstić information content (AvgIpc) is 2.67. The van der Waals surface area contributed by atoms with Gasteiger partial charge in [0.25, 0.3) is 0 Å². The van der Waals surface area contributed by atoms with E-state index in [1.807, 2.05) is 36.5 Å². The van der Waals surface area contributed by atoms with Crippen LogP contribution in [0.4, 0.5) is 0 Å². The lowest BCUT2D eigenvalue weighted by Crippen LogP contribution is -2.49. The van der Waals surface area contributed by atoms with Gasteiger partial charge in [-0.2, -0.15) is 0 Å². The Labute approximate surface area is 150 Å². The van der Waals surface area contributed by atoms with E-state index < -0.39 is 0 Å². The molecule has 3 nitrogen and oxygen atoms in total. The first-order chi connectivity index (χ1) is 12.3. The van der Waals surface area contributed by atoms with Crippen molar-refractivity contribution in [3.63, 3.8) is 0 Å². The summed E-state index contributed by atoms with van der Waals surface area (Å²) in [6.07, 6.45) is 5.42. The van der Waals surface area contributed by atoms with E-state index in [0.29, 0.717) is 6.04 Å². The van der Waals surface area contributed by atoms with E-state index in [1.165, 1.54) is 17.7 Å². The molecule has 2 aliphatic rings. The maximum absolute atomic E-state index is 6.17. The maximum atomic E-state index is 6.17. The van der Waals surface area contributed by atoms with Crippen molar-refractivity contribution < 1.29 is 4.74 Å². The van der Waals surface area contributed by atoms with Gasteiger partial charge in [-0.1, -0.05) is 37.0 Å². The summed E-state index contributed by atoms with van der Waals surface area (Å²) in [4.78, 5) is 7.29. The Bertz CT molecular complexity index is 789. The van der Waals surface area contributed by atoms with Crippen molar-refractivity contribution in [1.29, 1.82) is 0 Å². The first-order valence-electron chi connectivity index (χ1n) is 9.26. The van der Waals surface area contributed by atoms with Crippen LogP contribution >= 0.6 is 0 Å². The molecule has 128 valence electrons. The van der Waals surface area contributed by atoms with E-state index in [1.54, 1.807) is 0 Å². The number of nitrogens with zero attached hydrogens (tertiary/aromatic N) is 2. The first kappa shape index (κ1) is 16.3. The average molecular weight is 332 g/mol. The van der Waals surface area contributed by atoms with Crippen LogP contribution in [0.1, 0.15) is 48.3 Å². The second-order valence-electron chi connectivity index (χ2n) is 6.81. The van der Waals surface area contributed by atoms with Crippen molar-refractivity contribution in [1.82, 2.24) is 9.88 Å². The van der Waals surface area contributed by atoms with Gasteiger partial charge in [0.15, 0.2) is 0 Å². The highest BCUT2D eigenvalue weighted by molar-refractivity contribution is 5.44. The van der Waals surface area contributed by atoms with Gasteiger partial charge in [0.1, 0.15) is 0 Å². The summed E-state index contributed by atoms with van der Waals surface area (Å²) in [6, 6.07) is 12.8. The van der Waals surface area contributed by atoms with Gasteiger partial charge in [0, 0.05) is 41.2 Å². The summed E-state index contributed by atoms with van der Waals surface area (Å²) in [5.41, 5.74) is 4.43. The predicted molar refractivity (Wildman–Crippen MR) is 99.3 cm³/mol. The lowest BCUT2D eigenvalue weighted by Gasteiger charge is -2.44. The summed E-state index contributed by atoms with van der Waals surface area (Å²) in [7, 11) is 0. The van der Waals surface area contributed by atoms with Gasteiger partial charge < -0.3 is 4.74 Å². The minimum Gasteiger partial charge on any atom is -0.370 e. The SMILES string of the molecule is CCCN1CCO[C@H]2c3cc(C#Cc4ccccc4)cnc3CC[C@@H]21. The van der Waals surface area contributed by atoms with E-state index in [9.17, 15) is 0 Å². The van der Waals surface area contributed by atoms with Gasteiger partial charge >= 0.3 is 0 Å². The molecule has 1 fully saturated rings. The van der Waals surface area contributed by atoms with E-state index in [4.69, 9.17) is 9.72 Å². The maximum Gasteiger partial charge on any atom is 0.0998 e. The van der Waals surface area contributed by atoms with Crippen molar-refractivity contribution in [2.75, 3.05) is 19.7 Å². The van der Waals surface area contributed by atoms with Crippen LogP contribution in [0, 0.1) is 11.8 Å². The monoisotopic (exact) mass is 332 g/mol. The molecule has 1 aliphatic carbocycles. The molecule has 2 atom stereocenters. The van der Waals surface area contributed by atoms with Crippen molar-refractivity contribution in [3.8, 4) is 11.8 Å². The predicted octanol–water partition coefficient (Wildman–Crippen LogP) is 3.58. The highest BCUT2D eigenvalue weighted by Crippen LogP contribution is 2.37. The Morgan fingerprint density at radius 3 is 2.88 bits per heavy atom. The number of benzene rings is 1. The molecular weight excluding hydrogens is 308 g/mol. The number of fused-ring (bicyclic) bond motifs is 3. The zero-order valence-corrected chi connectivity index (χ0v) is 14.7. The van der Waals surface area contributed by atoms with Crippen LogP contribution in [0.25, 0.3) is 0 Å². The van der Waals surface area contributed by atoms with Crippen LogP contribution in [0.3, 0.4) is 0 Å². The van der Waals surface area contributed by atoms with Crippen molar-refractivity contribution in [2.24, 2.45) is 0 Å². The molecule has 0 amide bonds. The molecule has 2 heterocycles. The summed E-state index contributed by atoms with van der Waals surface area (Å²) < 4.78 is 6.17. The number of morpholine rings is 1. The summed E-state index contributed by atoms with van der Waals surface area (Å²) in [6.45, 7) is 5.26. The van der Waals surface area contributed by atoms with Crippen LogP contribution in [0.5, 0.6) is 0 Å². The first-order valence-corrected chi connectivity index (χ1v) is 9.26. The molecule has 1 aromatic heterocycles. The van der Waals surface area contributed by atoms with Crippen LogP contribution in [0.2, 0.25) is 0 Å². The van der Waals surface area contributed by atoms with E-state index in [2.05, 4.69) is 29.7 Å². The molecule has 1 aliphatic heterocycles. The van der Waals surface area contributed by atoms with Gasteiger partial charge in [-0.05, 0) is 44.0 Å². The minimum absolute atomic E-state index is 0.148. The third-order valence-electron chi connectivity index (χ3n) is 5.12. The third kappa shape index (κ3) is 3.46. The van der Waals surface area contributed by atoms with E-state index in [0.717, 1.165) is 43.7 Å². The lowest BCUT2D eigenvalue weighted by atomic mass is 9.86. The zero-order valence-electron chi connectivity index (χ0n) is 14.7. The molecular formula is C22H24N2O. The summed E-state index contributed by atoms with van der Waals surface area (Å²) >= 11 is 0. The molecule has 0 unspecified atom stereocenters. The number of aromatic nitrogens is 1. The largest absolute Gasteiger partial charge is 0.370 e. The van der Waals surface area contributed by atoms with Crippen molar-refractivity contribution >= 4 is 0 Å². The number of pyridine rings is 1. The van der Waals surface area contributed by atoms with E-state index >= 15 is 0 Å². The number of ether oxygens (including phenoxy) is 1. The van der Waals surface area contributed by atoms with Crippen molar-refractivity contribution in [2.45, 2.75) is 38.3 Å². The Kier molecular flexibility index (Phi) is 4.83. The Morgan fingerprint density at radius 1 is 1.20 bits per heavy atom. The Morgan fingerprint density at radius 2 is 2.04 bits per heavy atom. The van der Waals surface area contributed by atoms with Crippen molar-refractivity contribution in [3.05, 3.63) is 65.0 Å². The van der Waals surface area contributed by atoms with Gasteiger partial charge in [0.2, 0.25) is 0 Å². The fourth-order valence-corrected chi connectivity index (χ4v) is 3.95. The number of hydrogen-bond donors (Lipinski definition) is 0. The quantitative estimate of drug-likeness (QED) is 0.786. The van der Waals surface area contributed by atoms with Crippen LogP contribution < -0.4 is 0 Å². The summed E-state index contributed by atoms with van der Waals surface area (Å²) in [5, 5.41) is 0. The molecule has 3 heteroatoms. The molecule has 1 aromatic carbocycles. The summed E-state index contributed by atoms with van der Waals surface area (Å²) in [5.74, 6) is 6.49. The Hall–Kier alpha value is -2.15. The van der Waals surface area contributed by atoms with Crippen LogP contribution in [-0.4, -0.2) is 35.6 Å². The second-order valence-corrected chi connectivity index (χ2v) is 6.81. The standard InChI is InChI=1S/C22H24N2O/c1-2-12-24-13-14-25-22-19-15-18(9-8-17-6-4-3-5-7-17)16-23-20(19)10-11-21(22)24/h3-7,15-16,21-22H,2,10-14H2,1H3/t21-,22-/m0/s1. The fraction of sp³-hybridized carbons (Fsp3) is 0.409. The molecule has 0 N–H and O–H groups in total. The molecule has 1 saturated heterocycles. The topological polar surface area (TPSA) is 25.4 Å². The van der Waals surface area contributed by atoms with Gasteiger partial charge in [0.05, 0.1) is 12.7 Å². The molecule has 0 radical (unpaired) electrons. The molecule has 0 spiro atoms. The molecule has 4 rings (SSSR count). The molecule has 2 aromatic rings. The lowest BCUT2D eigenvalue weighted by molar-refractivity contribution is -0.0805. The normalized spacial score (nSPS) is 22.4. The number of rotatable bonds is 2. The second kappa shape index (κ2) is 7.39. The van der Waals surface area contributed by atoms with Gasteiger partial charge in [-0.15, -0.1) is 0 Å². The molecule has 0 bridgehead atoms. The highest BCUT2D eigenvalue weighted by atomic mass is 16.5. The fourth-order valence-electron chi connectivity index (χ4n) is 3.95. The number of aryl methyl sites for hydroxylation is 1.